The molecule has 2 aliphatic carbocycles. The van der Waals surface area contributed by atoms with Crippen LogP contribution in [0.25, 0.3) is 0 Å². The molecule has 4 heteroatoms. The summed E-state index contributed by atoms with van der Waals surface area (Å²) in [6, 6.07) is 0.811. The van der Waals surface area contributed by atoms with E-state index in [1.807, 2.05) is 10.8 Å². The van der Waals surface area contributed by atoms with E-state index < -0.39 is 0 Å². The molecule has 3 atom stereocenters. The minimum absolute atomic E-state index is 0.0517. The van der Waals surface area contributed by atoms with Crippen LogP contribution in [0.5, 0.6) is 0 Å². The molecule has 0 bridgehead atoms. The second-order valence-electron chi connectivity index (χ2n) is 6.37. The molecule has 0 aromatic carbocycles. The monoisotopic (exact) mass is 261 g/mol. The average Bonchev–Trinajstić information content (AvgIpc) is 3.19. The number of nitrogens with zero attached hydrogens (tertiary/aromatic N) is 2. The highest BCUT2D eigenvalue weighted by Crippen LogP contribution is 2.33. The van der Waals surface area contributed by atoms with Crippen molar-refractivity contribution < 1.29 is 0 Å². The van der Waals surface area contributed by atoms with E-state index in [1.165, 1.54) is 12.8 Å². The van der Waals surface area contributed by atoms with Gasteiger partial charge in [-0.2, -0.15) is 0 Å². The topological polar surface area (TPSA) is 46.9 Å². The number of aromatic nitrogens is 2. The number of hydrogen-bond donors (Lipinski definition) is 1. The lowest BCUT2D eigenvalue weighted by Gasteiger charge is -2.33. The van der Waals surface area contributed by atoms with Crippen molar-refractivity contribution in [3.8, 4) is 0 Å². The van der Waals surface area contributed by atoms with Gasteiger partial charge in [0.05, 0.1) is 0 Å². The Balaban J connectivity index is 1.76. The van der Waals surface area contributed by atoms with Gasteiger partial charge in [0.25, 0.3) is 5.56 Å². The Morgan fingerprint density at radius 3 is 2.74 bits per heavy atom. The van der Waals surface area contributed by atoms with Crippen LogP contribution in [0, 0.1) is 11.8 Å². The van der Waals surface area contributed by atoms with Crippen LogP contribution in [0.4, 0.5) is 5.82 Å². The fourth-order valence-electron chi connectivity index (χ4n) is 3.22. The van der Waals surface area contributed by atoms with E-state index in [-0.39, 0.29) is 5.56 Å². The summed E-state index contributed by atoms with van der Waals surface area (Å²) in [5.41, 5.74) is 0.0517. The molecular formula is C15H23N3O. The lowest BCUT2D eigenvalue weighted by Crippen LogP contribution is -2.36. The third-order valence-corrected chi connectivity index (χ3v) is 4.56. The molecule has 2 fully saturated rings. The molecule has 4 nitrogen and oxygen atoms in total. The fourth-order valence-corrected chi connectivity index (χ4v) is 3.22. The van der Waals surface area contributed by atoms with E-state index in [2.05, 4.69) is 24.1 Å². The van der Waals surface area contributed by atoms with E-state index in [9.17, 15) is 4.79 Å². The van der Waals surface area contributed by atoms with Crippen LogP contribution >= 0.6 is 0 Å². The molecule has 1 aromatic rings. The Morgan fingerprint density at radius 2 is 2.05 bits per heavy atom. The molecular weight excluding hydrogens is 238 g/mol. The van der Waals surface area contributed by atoms with E-state index >= 15 is 0 Å². The molecule has 0 aliphatic heterocycles. The predicted molar refractivity (Wildman–Crippen MR) is 76.4 cm³/mol. The number of rotatable bonds is 3. The number of nitrogens with one attached hydrogen (secondary N) is 1. The Kier molecular flexibility index (Phi) is 3.33. The van der Waals surface area contributed by atoms with Gasteiger partial charge < -0.3 is 9.88 Å². The molecule has 1 N–H and O–H groups in total. The summed E-state index contributed by atoms with van der Waals surface area (Å²) in [6.45, 7) is 4.59. The van der Waals surface area contributed by atoms with Gasteiger partial charge >= 0.3 is 0 Å². The van der Waals surface area contributed by atoms with Crippen molar-refractivity contribution in [3.63, 3.8) is 0 Å². The second kappa shape index (κ2) is 4.99. The summed E-state index contributed by atoms with van der Waals surface area (Å²) in [4.78, 5) is 16.6. The van der Waals surface area contributed by atoms with Gasteiger partial charge in [-0.05, 0) is 43.9 Å². The Hall–Kier alpha value is -1.32. The molecule has 0 saturated heterocycles. The smallest absolute Gasteiger partial charge is 0.293 e. The van der Waals surface area contributed by atoms with Crippen LogP contribution in [0.3, 0.4) is 0 Å². The van der Waals surface area contributed by atoms with Crippen molar-refractivity contribution in [1.29, 1.82) is 0 Å². The summed E-state index contributed by atoms with van der Waals surface area (Å²) in [5.74, 6) is 1.96. The molecule has 1 heterocycles. The molecule has 104 valence electrons. The van der Waals surface area contributed by atoms with Crippen LogP contribution in [-0.2, 0) is 0 Å². The zero-order valence-electron chi connectivity index (χ0n) is 11.8. The summed E-state index contributed by atoms with van der Waals surface area (Å²) < 4.78 is 1.84. The maximum atomic E-state index is 12.3. The van der Waals surface area contributed by atoms with Crippen LogP contribution in [0.15, 0.2) is 17.2 Å². The summed E-state index contributed by atoms with van der Waals surface area (Å²) >= 11 is 0. The SMILES string of the molecule is CC1CCC(Nc2nccn(C3CC3)c2=O)C(C)C1. The first kappa shape index (κ1) is 12.7. The first-order valence-corrected chi connectivity index (χ1v) is 7.49. The van der Waals surface area contributed by atoms with Crippen LogP contribution in [-0.4, -0.2) is 15.6 Å². The summed E-state index contributed by atoms with van der Waals surface area (Å²) in [5, 5.41) is 3.40. The highest BCUT2D eigenvalue weighted by molar-refractivity contribution is 5.33. The highest BCUT2D eigenvalue weighted by atomic mass is 16.1. The Morgan fingerprint density at radius 1 is 1.26 bits per heavy atom. The first-order valence-electron chi connectivity index (χ1n) is 7.49. The molecule has 0 spiro atoms. The standard InChI is InChI=1S/C15H23N3O/c1-10-3-6-13(11(2)9-10)17-14-15(19)18(8-7-16-14)12-4-5-12/h7-8,10-13H,3-6,9H2,1-2H3,(H,16,17). The average molecular weight is 261 g/mol. The van der Waals surface area contributed by atoms with Gasteiger partial charge in [-0.25, -0.2) is 4.98 Å². The molecule has 19 heavy (non-hydrogen) atoms. The Bertz CT molecular complexity index is 506. The van der Waals surface area contributed by atoms with E-state index in [4.69, 9.17) is 0 Å². The molecule has 3 rings (SSSR count). The van der Waals surface area contributed by atoms with Crippen molar-refractivity contribution in [1.82, 2.24) is 9.55 Å². The lowest BCUT2D eigenvalue weighted by atomic mass is 9.80. The second-order valence-corrected chi connectivity index (χ2v) is 6.37. The zero-order valence-corrected chi connectivity index (χ0v) is 11.8. The molecule has 1 aromatic heterocycles. The molecule has 3 unspecified atom stereocenters. The largest absolute Gasteiger partial charge is 0.362 e. The van der Waals surface area contributed by atoms with E-state index in [0.717, 1.165) is 25.2 Å². The van der Waals surface area contributed by atoms with Gasteiger partial charge in [-0.1, -0.05) is 13.8 Å². The molecule has 2 saturated carbocycles. The van der Waals surface area contributed by atoms with Gasteiger partial charge in [0, 0.05) is 24.5 Å². The summed E-state index contributed by atoms with van der Waals surface area (Å²) in [7, 11) is 0. The highest BCUT2D eigenvalue weighted by Gasteiger charge is 2.28. The zero-order chi connectivity index (χ0) is 13.4. The minimum atomic E-state index is 0.0517. The first-order chi connectivity index (χ1) is 9.15. The maximum absolute atomic E-state index is 12.3. The normalized spacial score (nSPS) is 31.2. The van der Waals surface area contributed by atoms with Crippen molar-refractivity contribution >= 4 is 5.82 Å². The Labute approximate surface area is 114 Å². The van der Waals surface area contributed by atoms with Gasteiger partial charge in [-0.15, -0.1) is 0 Å². The quantitative estimate of drug-likeness (QED) is 0.910. The van der Waals surface area contributed by atoms with Crippen LogP contribution < -0.4 is 10.9 Å². The van der Waals surface area contributed by atoms with Crippen molar-refractivity contribution in [2.75, 3.05) is 5.32 Å². The third-order valence-electron chi connectivity index (χ3n) is 4.56. The number of anilines is 1. The van der Waals surface area contributed by atoms with Gasteiger partial charge in [0.2, 0.25) is 0 Å². The predicted octanol–water partition coefficient (Wildman–Crippen LogP) is 2.81. The van der Waals surface area contributed by atoms with Crippen LogP contribution in [0.1, 0.15) is 52.0 Å². The molecule has 2 aliphatic rings. The van der Waals surface area contributed by atoms with Gasteiger partial charge in [-0.3, -0.25) is 4.79 Å². The van der Waals surface area contributed by atoms with Crippen molar-refractivity contribution in [2.45, 2.75) is 58.0 Å². The molecule has 0 amide bonds. The summed E-state index contributed by atoms with van der Waals surface area (Å²) in [6.07, 6.45) is 9.44. The third kappa shape index (κ3) is 2.67. The van der Waals surface area contributed by atoms with E-state index in [1.54, 1.807) is 6.20 Å². The lowest BCUT2D eigenvalue weighted by molar-refractivity contribution is 0.276. The van der Waals surface area contributed by atoms with E-state index in [0.29, 0.717) is 23.8 Å². The maximum Gasteiger partial charge on any atom is 0.293 e. The van der Waals surface area contributed by atoms with Crippen LogP contribution in [0.2, 0.25) is 0 Å². The number of hydrogen-bond acceptors (Lipinski definition) is 3. The fraction of sp³-hybridized carbons (Fsp3) is 0.733. The van der Waals surface area contributed by atoms with Gasteiger partial charge in [0.15, 0.2) is 5.82 Å². The van der Waals surface area contributed by atoms with Crippen molar-refractivity contribution in [2.24, 2.45) is 11.8 Å². The minimum Gasteiger partial charge on any atom is -0.362 e. The van der Waals surface area contributed by atoms with Crippen molar-refractivity contribution in [3.05, 3.63) is 22.7 Å². The molecule has 0 radical (unpaired) electrons. The van der Waals surface area contributed by atoms with Gasteiger partial charge in [0.1, 0.15) is 0 Å².